The Morgan fingerprint density at radius 1 is 0.885 bits per heavy atom. The first-order valence-corrected chi connectivity index (χ1v) is 9.95. The smallest absolute Gasteiger partial charge is 0.212 e. The Morgan fingerprint density at radius 3 is 2.15 bits per heavy atom. The zero-order chi connectivity index (χ0) is 18.6. The first-order chi connectivity index (χ1) is 12.4. The highest BCUT2D eigenvalue weighted by Crippen LogP contribution is 2.26. The van der Waals surface area contributed by atoms with E-state index in [0.29, 0.717) is 5.56 Å². The van der Waals surface area contributed by atoms with Crippen molar-refractivity contribution >= 4 is 10.0 Å². The van der Waals surface area contributed by atoms with Crippen molar-refractivity contribution in [1.29, 1.82) is 0 Å². The number of hydrogen-bond donors (Lipinski definition) is 1. The van der Waals surface area contributed by atoms with Crippen molar-refractivity contribution < 1.29 is 12.8 Å². The summed E-state index contributed by atoms with van der Waals surface area (Å²) in [5.41, 5.74) is 3.31. The Morgan fingerprint density at radius 2 is 1.50 bits per heavy atom. The van der Waals surface area contributed by atoms with Crippen LogP contribution in [0.2, 0.25) is 0 Å². The van der Waals surface area contributed by atoms with Gasteiger partial charge in [-0.15, -0.1) is 0 Å². The molecule has 0 bridgehead atoms. The molecule has 5 heteroatoms. The molecule has 0 radical (unpaired) electrons. The number of halogens is 1. The van der Waals surface area contributed by atoms with Crippen LogP contribution in [-0.2, 0) is 15.8 Å². The molecule has 3 nitrogen and oxygen atoms in total. The molecule has 3 aromatic rings. The fourth-order valence-electron chi connectivity index (χ4n) is 2.89. The predicted octanol–water partition coefficient (Wildman–Crippen LogP) is 4.34. The summed E-state index contributed by atoms with van der Waals surface area (Å²) in [4.78, 5) is 0. The van der Waals surface area contributed by atoms with Gasteiger partial charge in [0, 0.05) is 0 Å². The van der Waals surface area contributed by atoms with Gasteiger partial charge in [-0.2, -0.15) is 0 Å². The van der Waals surface area contributed by atoms with Crippen molar-refractivity contribution in [3.05, 3.63) is 107 Å². The number of rotatable bonds is 6. The fourth-order valence-corrected chi connectivity index (χ4v) is 4.23. The highest BCUT2D eigenvalue weighted by Gasteiger charge is 2.22. The van der Waals surface area contributed by atoms with E-state index < -0.39 is 16.1 Å². The molecule has 3 aromatic carbocycles. The zero-order valence-corrected chi connectivity index (χ0v) is 15.2. The summed E-state index contributed by atoms with van der Waals surface area (Å²) >= 11 is 0. The summed E-state index contributed by atoms with van der Waals surface area (Å²) < 4.78 is 41.4. The van der Waals surface area contributed by atoms with Gasteiger partial charge in [0.05, 0.1) is 11.8 Å². The van der Waals surface area contributed by atoms with Crippen molar-refractivity contribution in [2.45, 2.75) is 18.7 Å². The van der Waals surface area contributed by atoms with E-state index in [9.17, 15) is 12.8 Å². The minimum absolute atomic E-state index is 0.206. The van der Waals surface area contributed by atoms with Gasteiger partial charge in [0.2, 0.25) is 10.0 Å². The molecule has 0 fully saturated rings. The van der Waals surface area contributed by atoms with Gasteiger partial charge in [-0.05, 0) is 41.3 Å². The Labute approximate surface area is 153 Å². The monoisotopic (exact) mass is 369 g/mol. The van der Waals surface area contributed by atoms with Gasteiger partial charge in [-0.3, -0.25) is 0 Å². The van der Waals surface area contributed by atoms with Gasteiger partial charge in [0.15, 0.2) is 0 Å². The highest BCUT2D eigenvalue weighted by molar-refractivity contribution is 7.88. The Balaban J connectivity index is 1.92. The third kappa shape index (κ3) is 4.56. The first kappa shape index (κ1) is 18.3. The van der Waals surface area contributed by atoms with Crippen molar-refractivity contribution in [2.75, 3.05) is 0 Å². The maximum absolute atomic E-state index is 13.1. The number of nitrogens with one attached hydrogen (secondary N) is 1. The average Bonchev–Trinajstić information content (AvgIpc) is 2.63. The van der Waals surface area contributed by atoms with E-state index in [0.717, 1.165) is 16.7 Å². The van der Waals surface area contributed by atoms with Crippen molar-refractivity contribution in [3.8, 4) is 0 Å². The summed E-state index contributed by atoms with van der Waals surface area (Å²) in [6.45, 7) is 1.96. The van der Waals surface area contributed by atoms with E-state index >= 15 is 0 Å². The van der Waals surface area contributed by atoms with Crippen molar-refractivity contribution in [3.63, 3.8) is 0 Å². The molecule has 0 heterocycles. The molecular weight excluding hydrogens is 349 g/mol. The molecule has 0 aliphatic carbocycles. The van der Waals surface area contributed by atoms with Crippen LogP contribution in [0.1, 0.15) is 28.3 Å². The predicted molar refractivity (Wildman–Crippen MR) is 102 cm³/mol. The number of hydrogen-bond acceptors (Lipinski definition) is 2. The topological polar surface area (TPSA) is 46.2 Å². The lowest BCUT2D eigenvalue weighted by atomic mass is 9.96. The maximum Gasteiger partial charge on any atom is 0.216 e. The summed E-state index contributed by atoms with van der Waals surface area (Å²) in [5, 5.41) is 0. The third-order valence-corrected chi connectivity index (χ3v) is 5.51. The Bertz CT molecular complexity index is 970. The summed E-state index contributed by atoms with van der Waals surface area (Å²) in [7, 11) is -3.63. The molecule has 0 aliphatic heterocycles. The van der Waals surface area contributed by atoms with Crippen LogP contribution in [0.5, 0.6) is 0 Å². The van der Waals surface area contributed by atoms with Gasteiger partial charge >= 0.3 is 0 Å². The quantitative estimate of drug-likeness (QED) is 0.702. The molecule has 0 aromatic heterocycles. The molecule has 26 heavy (non-hydrogen) atoms. The lowest BCUT2D eigenvalue weighted by molar-refractivity contribution is 0.570. The molecule has 3 rings (SSSR count). The van der Waals surface area contributed by atoms with Gasteiger partial charge < -0.3 is 0 Å². The van der Waals surface area contributed by atoms with Crippen LogP contribution in [0.15, 0.2) is 78.9 Å². The summed E-state index contributed by atoms with van der Waals surface area (Å²) in [5.74, 6) is -0.594. The van der Waals surface area contributed by atoms with Gasteiger partial charge in [0.25, 0.3) is 0 Å². The highest BCUT2D eigenvalue weighted by atomic mass is 32.2. The lowest BCUT2D eigenvalue weighted by Crippen LogP contribution is -2.31. The van der Waals surface area contributed by atoms with E-state index in [1.807, 2.05) is 61.5 Å². The number of aryl methyl sites for hydroxylation is 1. The fraction of sp³-hybridized carbons (Fsp3) is 0.143. The maximum atomic E-state index is 13.1. The molecule has 1 N–H and O–H groups in total. The van der Waals surface area contributed by atoms with Gasteiger partial charge in [-0.1, -0.05) is 66.7 Å². The summed E-state index contributed by atoms with van der Waals surface area (Å²) in [6.07, 6.45) is 0. The standard InChI is InChI=1S/C21H20FNO2S/c1-16-7-5-6-10-20(16)21(18-8-3-2-4-9-18)23-26(24,25)15-17-11-13-19(22)14-12-17/h2-14,21,23H,15H2,1H3. The van der Waals surface area contributed by atoms with Crippen LogP contribution in [0.3, 0.4) is 0 Å². The van der Waals surface area contributed by atoms with E-state index in [1.165, 1.54) is 24.3 Å². The van der Waals surface area contributed by atoms with Crippen molar-refractivity contribution in [1.82, 2.24) is 4.72 Å². The van der Waals surface area contributed by atoms with Crippen LogP contribution in [0.25, 0.3) is 0 Å². The van der Waals surface area contributed by atoms with Crippen LogP contribution in [-0.4, -0.2) is 8.42 Å². The second-order valence-electron chi connectivity index (χ2n) is 6.20. The number of sulfonamides is 1. The minimum atomic E-state index is -3.63. The molecule has 0 spiro atoms. The van der Waals surface area contributed by atoms with E-state index in [4.69, 9.17) is 0 Å². The molecule has 1 unspecified atom stereocenters. The largest absolute Gasteiger partial charge is 0.216 e. The van der Waals surface area contributed by atoms with E-state index in [2.05, 4.69) is 4.72 Å². The lowest BCUT2D eigenvalue weighted by Gasteiger charge is -2.21. The normalized spacial score (nSPS) is 12.7. The van der Waals surface area contributed by atoms with Crippen LogP contribution < -0.4 is 4.72 Å². The van der Waals surface area contributed by atoms with E-state index in [-0.39, 0.29) is 11.6 Å². The van der Waals surface area contributed by atoms with Gasteiger partial charge in [-0.25, -0.2) is 17.5 Å². The summed E-state index contributed by atoms with van der Waals surface area (Å²) in [6, 6.07) is 22.2. The van der Waals surface area contributed by atoms with Crippen LogP contribution in [0.4, 0.5) is 4.39 Å². The Hall–Kier alpha value is -2.50. The zero-order valence-electron chi connectivity index (χ0n) is 14.4. The minimum Gasteiger partial charge on any atom is -0.212 e. The van der Waals surface area contributed by atoms with Gasteiger partial charge in [0.1, 0.15) is 5.82 Å². The molecule has 0 saturated carbocycles. The second-order valence-corrected chi connectivity index (χ2v) is 7.96. The second kappa shape index (κ2) is 7.81. The van der Waals surface area contributed by atoms with Crippen LogP contribution >= 0.6 is 0 Å². The Kier molecular flexibility index (Phi) is 5.49. The molecule has 0 aliphatic rings. The average molecular weight is 369 g/mol. The van der Waals surface area contributed by atoms with E-state index in [1.54, 1.807) is 0 Å². The molecule has 0 saturated heterocycles. The third-order valence-electron chi connectivity index (χ3n) is 4.20. The molecule has 0 amide bonds. The first-order valence-electron chi connectivity index (χ1n) is 8.29. The molecule has 1 atom stereocenters. The van der Waals surface area contributed by atoms with Crippen molar-refractivity contribution in [2.24, 2.45) is 0 Å². The SMILES string of the molecule is Cc1ccccc1C(NS(=O)(=O)Cc1ccc(F)cc1)c1ccccc1. The number of benzene rings is 3. The molecule has 134 valence electrons. The molecular formula is C21H20FNO2S. The van der Waals surface area contributed by atoms with Crippen LogP contribution in [0, 0.1) is 12.7 Å².